The second kappa shape index (κ2) is 6.34. The van der Waals surface area contributed by atoms with Crippen molar-refractivity contribution >= 4 is 25.5 Å². The minimum Gasteiger partial charge on any atom is -0.266 e. The number of aromatic nitrogens is 2. The minimum atomic E-state index is -3.77. The Morgan fingerprint density at radius 3 is 2.63 bits per heavy atom. The molecule has 0 aliphatic carbocycles. The fraction of sp³-hybridized carbons (Fsp3) is 0.500. The number of sulfonamides is 1. The molecule has 0 radical (unpaired) electrons. The average Bonchev–Trinajstić information content (AvgIpc) is 3.13. The highest BCUT2D eigenvalue weighted by atomic mass is 32.2. The summed E-state index contributed by atoms with van der Waals surface area (Å²) >= 11 is 0. The summed E-state index contributed by atoms with van der Waals surface area (Å²) in [6.45, 7) is 3.82. The normalized spacial score (nSPS) is 22.0. The predicted molar refractivity (Wildman–Crippen MR) is 103 cm³/mol. The van der Waals surface area contributed by atoms with Crippen molar-refractivity contribution in [2.75, 3.05) is 22.4 Å². The first kappa shape index (κ1) is 18.5. The predicted octanol–water partition coefficient (Wildman–Crippen LogP) is 2.00. The summed E-state index contributed by atoms with van der Waals surface area (Å²) in [5.74, 6) is 0.137. The smallest absolute Gasteiger partial charge is 0.266 e. The van der Waals surface area contributed by atoms with Crippen LogP contribution in [0.5, 0.6) is 0 Å². The lowest BCUT2D eigenvalue weighted by atomic mass is 10.0. The van der Waals surface area contributed by atoms with Gasteiger partial charge in [-0.15, -0.1) is 0 Å². The molecular formula is C18H23N3O4S2. The van der Waals surface area contributed by atoms with Crippen molar-refractivity contribution in [3.8, 4) is 0 Å². The van der Waals surface area contributed by atoms with Gasteiger partial charge in [0.1, 0.15) is 4.90 Å². The van der Waals surface area contributed by atoms with Crippen LogP contribution in [0.1, 0.15) is 35.8 Å². The molecule has 0 bridgehead atoms. The van der Waals surface area contributed by atoms with Crippen LogP contribution in [0.3, 0.4) is 0 Å². The van der Waals surface area contributed by atoms with E-state index in [0.29, 0.717) is 24.4 Å². The average molecular weight is 410 g/mol. The number of fused-ring (bicyclic) bond motifs is 1. The van der Waals surface area contributed by atoms with Crippen LogP contribution >= 0.6 is 0 Å². The Morgan fingerprint density at radius 1 is 1.19 bits per heavy atom. The van der Waals surface area contributed by atoms with Gasteiger partial charge in [-0.25, -0.2) is 16.8 Å². The van der Waals surface area contributed by atoms with Gasteiger partial charge in [0.15, 0.2) is 9.84 Å². The molecule has 2 aliphatic rings. The standard InChI is InChI=1S/C18H23N3O4S2/c1-13-18(14(2)21(19-13)16-9-11-26(22,23)12-16)27(24,25)20-10-5-7-15-6-3-4-8-17(15)20/h3-4,6,8,16H,5,7,9-12H2,1-2H3. The van der Waals surface area contributed by atoms with Crippen molar-refractivity contribution in [3.63, 3.8) is 0 Å². The third-order valence-electron chi connectivity index (χ3n) is 5.43. The van der Waals surface area contributed by atoms with E-state index < -0.39 is 19.9 Å². The zero-order valence-corrected chi connectivity index (χ0v) is 17.1. The Labute approximate surface area is 160 Å². The van der Waals surface area contributed by atoms with E-state index in [2.05, 4.69) is 5.10 Å². The number of anilines is 1. The minimum absolute atomic E-state index is 0.0149. The molecule has 1 aromatic heterocycles. The van der Waals surface area contributed by atoms with Crippen molar-refractivity contribution < 1.29 is 16.8 Å². The summed E-state index contributed by atoms with van der Waals surface area (Å²) in [6.07, 6.45) is 2.10. The molecule has 1 saturated heterocycles. The van der Waals surface area contributed by atoms with Gasteiger partial charge in [0.05, 0.1) is 34.6 Å². The first-order valence-corrected chi connectivity index (χ1v) is 12.3. The van der Waals surface area contributed by atoms with Gasteiger partial charge in [-0.1, -0.05) is 18.2 Å². The van der Waals surface area contributed by atoms with E-state index in [4.69, 9.17) is 0 Å². The quantitative estimate of drug-likeness (QED) is 0.774. The Kier molecular flexibility index (Phi) is 4.34. The molecule has 2 aliphatic heterocycles. The summed E-state index contributed by atoms with van der Waals surface area (Å²) in [6, 6.07) is 7.27. The summed E-state index contributed by atoms with van der Waals surface area (Å²) in [5, 5.41) is 4.42. The maximum Gasteiger partial charge on any atom is 0.268 e. The van der Waals surface area contributed by atoms with Crippen LogP contribution in [0.4, 0.5) is 5.69 Å². The molecule has 1 atom stereocenters. The van der Waals surface area contributed by atoms with Gasteiger partial charge in [0, 0.05) is 6.54 Å². The van der Waals surface area contributed by atoms with Crippen molar-refractivity contribution in [3.05, 3.63) is 41.2 Å². The van der Waals surface area contributed by atoms with Crippen LogP contribution in [0.25, 0.3) is 0 Å². The molecule has 0 N–H and O–H groups in total. The number of hydrogen-bond acceptors (Lipinski definition) is 5. The lowest BCUT2D eigenvalue weighted by molar-refractivity contribution is 0.484. The number of benzene rings is 1. The van der Waals surface area contributed by atoms with E-state index in [0.717, 1.165) is 24.1 Å². The number of aryl methyl sites for hydroxylation is 2. The van der Waals surface area contributed by atoms with Crippen molar-refractivity contribution in [1.82, 2.24) is 9.78 Å². The van der Waals surface area contributed by atoms with E-state index in [1.807, 2.05) is 24.3 Å². The zero-order valence-electron chi connectivity index (χ0n) is 15.4. The highest BCUT2D eigenvalue weighted by molar-refractivity contribution is 7.93. The summed E-state index contributed by atoms with van der Waals surface area (Å²) < 4.78 is 53.7. The summed E-state index contributed by atoms with van der Waals surface area (Å²) in [4.78, 5) is 0.198. The number of rotatable bonds is 3. The molecule has 1 fully saturated rings. The lowest BCUT2D eigenvalue weighted by Gasteiger charge is -2.30. The fourth-order valence-corrected chi connectivity index (χ4v) is 7.80. The number of hydrogen-bond donors (Lipinski definition) is 0. The molecule has 0 spiro atoms. The Morgan fingerprint density at radius 2 is 1.93 bits per heavy atom. The van der Waals surface area contributed by atoms with Crippen LogP contribution in [0.15, 0.2) is 29.2 Å². The van der Waals surface area contributed by atoms with Gasteiger partial charge in [-0.05, 0) is 44.7 Å². The van der Waals surface area contributed by atoms with E-state index in [1.165, 1.54) is 4.31 Å². The molecule has 2 aromatic rings. The van der Waals surface area contributed by atoms with Crippen LogP contribution < -0.4 is 4.31 Å². The van der Waals surface area contributed by atoms with Gasteiger partial charge in [0.2, 0.25) is 0 Å². The van der Waals surface area contributed by atoms with Gasteiger partial charge < -0.3 is 0 Å². The fourth-order valence-electron chi connectivity index (χ4n) is 4.20. The molecule has 1 unspecified atom stereocenters. The van der Waals surface area contributed by atoms with Crippen LogP contribution in [-0.4, -0.2) is 44.7 Å². The van der Waals surface area contributed by atoms with E-state index in [-0.39, 0.29) is 22.4 Å². The zero-order chi connectivity index (χ0) is 19.4. The van der Waals surface area contributed by atoms with Crippen LogP contribution in [0, 0.1) is 13.8 Å². The molecule has 4 rings (SSSR count). The SMILES string of the molecule is Cc1nn(C2CCS(=O)(=O)C2)c(C)c1S(=O)(=O)N1CCCc2ccccc21. The first-order valence-electron chi connectivity index (χ1n) is 9.07. The van der Waals surface area contributed by atoms with Crippen LogP contribution in [0.2, 0.25) is 0 Å². The molecule has 0 saturated carbocycles. The van der Waals surface area contributed by atoms with Gasteiger partial charge >= 0.3 is 0 Å². The second-order valence-corrected chi connectivity index (χ2v) is 11.3. The molecule has 1 aromatic carbocycles. The monoisotopic (exact) mass is 409 g/mol. The molecule has 7 nitrogen and oxygen atoms in total. The van der Waals surface area contributed by atoms with E-state index in [1.54, 1.807) is 18.5 Å². The number of nitrogens with zero attached hydrogens (tertiary/aromatic N) is 3. The van der Waals surface area contributed by atoms with E-state index >= 15 is 0 Å². The van der Waals surface area contributed by atoms with Gasteiger partial charge in [0.25, 0.3) is 10.0 Å². The topological polar surface area (TPSA) is 89.3 Å². The number of sulfone groups is 1. The van der Waals surface area contributed by atoms with Crippen molar-refractivity contribution in [1.29, 1.82) is 0 Å². The molecular weight excluding hydrogens is 386 g/mol. The Balaban J connectivity index is 1.78. The Hall–Kier alpha value is -1.87. The molecule has 146 valence electrons. The maximum atomic E-state index is 13.5. The first-order chi connectivity index (χ1) is 12.7. The highest BCUT2D eigenvalue weighted by Crippen LogP contribution is 2.35. The molecule has 27 heavy (non-hydrogen) atoms. The van der Waals surface area contributed by atoms with Crippen molar-refractivity contribution in [2.45, 2.75) is 44.0 Å². The van der Waals surface area contributed by atoms with Crippen LogP contribution in [-0.2, 0) is 26.3 Å². The lowest BCUT2D eigenvalue weighted by Crippen LogP contribution is -2.36. The maximum absolute atomic E-state index is 13.5. The van der Waals surface area contributed by atoms with E-state index in [9.17, 15) is 16.8 Å². The summed E-state index contributed by atoms with van der Waals surface area (Å²) in [7, 11) is -6.85. The molecule has 0 amide bonds. The Bertz CT molecular complexity index is 1100. The molecule has 3 heterocycles. The van der Waals surface area contributed by atoms with Gasteiger partial charge in [-0.3, -0.25) is 8.99 Å². The largest absolute Gasteiger partial charge is 0.268 e. The summed E-state index contributed by atoms with van der Waals surface area (Å²) in [5.41, 5.74) is 2.67. The highest BCUT2D eigenvalue weighted by Gasteiger charge is 2.37. The van der Waals surface area contributed by atoms with Gasteiger partial charge in [-0.2, -0.15) is 5.10 Å². The second-order valence-electron chi connectivity index (χ2n) is 7.31. The third-order valence-corrected chi connectivity index (χ3v) is 9.25. The molecule has 9 heteroatoms. The van der Waals surface area contributed by atoms with Crippen molar-refractivity contribution in [2.24, 2.45) is 0 Å². The third kappa shape index (κ3) is 3.06. The number of para-hydroxylation sites is 1.